The van der Waals surface area contributed by atoms with Gasteiger partial charge in [0.25, 0.3) is 5.91 Å². The molecule has 0 aliphatic rings. The van der Waals surface area contributed by atoms with E-state index < -0.39 is 11.9 Å². The van der Waals surface area contributed by atoms with Crippen LogP contribution in [0.5, 0.6) is 0 Å². The fraction of sp³-hybridized carbons (Fsp3) is 0.357. The number of thiazole rings is 1. The minimum Gasteiger partial charge on any atom is -0.478 e. The second kappa shape index (κ2) is 6.53. The Balaban J connectivity index is 1.95. The smallest absolute Gasteiger partial charge is 0.339 e. The van der Waals surface area contributed by atoms with Crippen molar-refractivity contribution in [3.05, 3.63) is 39.2 Å². The van der Waals surface area contributed by atoms with Crippen LogP contribution in [-0.4, -0.2) is 28.5 Å². The molecule has 0 fully saturated rings. The van der Waals surface area contributed by atoms with Crippen molar-refractivity contribution in [2.75, 3.05) is 6.54 Å². The largest absolute Gasteiger partial charge is 0.478 e. The number of aromatic carboxylic acids is 1. The first kappa shape index (κ1) is 15.2. The van der Waals surface area contributed by atoms with Gasteiger partial charge in [0, 0.05) is 30.8 Å². The van der Waals surface area contributed by atoms with Crippen molar-refractivity contribution in [2.45, 2.75) is 26.7 Å². The van der Waals surface area contributed by atoms with Crippen molar-refractivity contribution in [3.8, 4) is 0 Å². The zero-order valence-electron chi connectivity index (χ0n) is 11.8. The van der Waals surface area contributed by atoms with Gasteiger partial charge in [-0.15, -0.1) is 11.3 Å². The number of amides is 1. The van der Waals surface area contributed by atoms with Crippen LogP contribution in [0.1, 0.15) is 44.3 Å². The number of nitrogens with one attached hydrogen (secondary N) is 1. The molecule has 0 spiro atoms. The molecular formula is C14H16N2O4S. The van der Waals surface area contributed by atoms with E-state index in [0.29, 0.717) is 25.1 Å². The lowest BCUT2D eigenvalue weighted by atomic mass is 10.2. The predicted octanol–water partition coefficient (Wildman–Crippen LogP) is 2.28. The molecule has 0 saturated heterocycles. The lowest BCUT2D eigenvalue weighted by Gasteiger charge is -2.01. The highest BCUT2D eigenvalue weighted by Crippen LogP contribution is 2.16. The molecular weight excluding hydrogens is 292 g/mol. The molecule has 0 aliphatic carbocycles. The third kappa shape index (κ3) is 3.69. The first-order valence-electron chi connectivity index (χ1n) is 6.56. The first-order chi connectivity index (χ1) is 10.0. The van der Waals surface area contributed by atoms with Crippen molar-refractivity contribution >= 4 is 23.2 Å². The van der Waals surface area contributed by atoms with Crippen LogP contribution in [0.4, 0.5) is 0 Å². The quantitative estimate of drug-likeness (QED) is 0.854. The number of aryl methyl sites for hydroxylation is 2. The summed E-state index contributed by atoms with van der Waals surface area (Å²) in [4.78, 5) is 27.2. The zero-order valence-corrected chi connectivity index (χ0v) is 12.6. The van der Waals surface area contributed by atoms with E-state index in [4.69, 9.17) is 9.52 Å². The van der Waals surface area contributed by atoms with Gasteiger partial charge in [-0.1, -0.05) is 6.92 Å². The lowest BCUT2D eigenvalue weighted by Crippen LogP contribution is -2.25. The number of carboxylic acid groups (broad SMARTS) is 1. The van der Waals surface area contributed by atoms with E-state index in [1.165, 1.54) is 6.07 Å². The van der Waals surface area contributed by atoms with Crippen LogP contribution in [0.3, 0.4) is 0 Å². The van der Waals surface area contributed by atoms with Gasteiger partial charge in [0.05, 0.1) is 10.7 Å². The first-order valence-corrected chi connectivity index (χ1v) is 7.44. The number of nitrogens with zero attached hydrogens (tertiary/aromatic N) is 1. The van der Waals surface area contributed by atoms with E-state index in [9.17, 15) is 9.59 Å². The Morgan fingerprint density at radius 1 is 1.48 bits per heavy atom. The summed E-state index contributed by atoms with van der Waals surface area (Å²) in [5, 5.41) is 14.7. The van der Waals surface area contributed by atoms with Gasteiger partial charge in [-0.05, 0) is 6.92 Å². The minimum atomic E-state index is -1.09. The molecule has 2 rings (SSSR count). The summed E-state index contributed by atoms with van der Waals surface area (Å²) in [5.41, 5.74) is 0.968. The van der Waals surface area contributed by atoms with Crippen LogP contribution in [-0.2, 0) is 12.8 Å². The topological polar surface area (TPSA) is 92.4 Å². The number of carbonyl (C=O) groups is 2. The number of rotatable bonds is 6. The molecule has 0 bridgehead atoms. The van der Waals surface area contributed by atoms with Gasteiger partial charge >= 0.3 is 5.97 Å². The molecule has 0 unspecified atom stereocenters. The SMILES string of the molecule is CCc1oc(C(=O)NCCc2csc(C)n2)cc1C(=O)O. The van der Waals surface area contributed by atoms with Crippen molar-refractivity contribution in [1.29, 1.82) is 0 Å². The molecule has 0 radical (unpaired) electrons. The Bertz CT molecular complexity index is 660. The molecule has 0 aliphatic heterocycles. The van der Waals surface area contributed by atoms with E-state index in [1.807, 2.05) is 12.3 Å². The van der Waals surface area contributed by atoms with Crippen LogP contribution < -0.4 is 5.32 Å². The van der Waals surface area contributed by atoms with Crippen molar-refractivity contribution < 1.29 is 19.1 Å². The molecule has 21 heavy (non-hydrogen) atoms. The lowest BCUT2D eigenvalue weighted by molar-refractivity contribution is 0.0694. The highest BCUT2D eigenvalue weighted by molar-refractivity contribution is 7.09. The molecule has 2 N–H and O–H groups in total. The summed E-state index contributed by atoms with van der Waals surface area (Å²) < 4.78 is 5.29. The average Bonchev–Trinajstić information content (AvgIpc) is 3.04. The summed E-state index contributed by atoms with van der Waals surface area (Å²) in [7, 11) is 0. The fourth-order valence-corrected chi connectivity index (χ4v) is 2.55. The number of hydrogen-bond acceptors (Lipinski definition) is 5. The molecule has 2 aromatic rings. The Morgan fingerprint density at radius 3 is 2.76 bits per heavy atom. The molecule has 2 aromatic heterocycles. The van der Waals surface area contributed by atoms with Crippen LogP contribution in [0.2, 0.25) is 0 Å². The van der Waals surface area contributed by atoms with Gasteiger partial charge < -0.3 is 14.8 Å². The Kier molecular flexibility index (Phi) is 4.74. The molecule has 2 heterocycles. The molecule has 1 amide bonds. The number of furan rings is 1. The van der Waals surface area contributed by atoms with E-state index >= 15 is 0 Å². The van der Waals surface area contributed by atoms with E-state index in [2.05, 4.69) is 10.3 Å². The summed E-state index contributed by atoms with van der Waals surface area (Å²) in [6.45, 7) is 4.12. The second-order valence-electron chi connectivity index (χ2n) is 4.47. The van der Waals surface area contributed by atoms with Crippen molar-refractivity contribution in [1.82, 2.24) is 10.3 Å². The fourth-order valence-electron chi connectivity index (χ4n) is 1.90. The maximum Gasteiger partial charge on any atom is 0.339 e. The average molecular weight is 308 g/mol. The molecule has 7 heteroatoms. The highest BCUT2D eigenvalue weighted by atomic mass is 32.1. The van der Waals surface area contributed by atoms with Crippen LogP contribution >= 0.6 is 11.3 Å². The van der Waals surface area contributed by atoms with E-state index in [0.717, 1.165) is 10.7 Å². The zero-order chi connectivity index (χ0) is 15.4. The Labute approximate surface area is 125 Å². The van der Waals surface area contributed by atoms with Gasteiger partial charge in [0.1, 0.15) is 11.3 Å². The van der Waals surface area contributed by atoms with Gasteiger partial charge in [-0.2, -0.15) is 0 Å². The molecule has 112 valence electrons. The summed E-state index contributed by atoms with van der Waals surface area (Å²) in [5.74, 6) is -1.17. The van der Waals surface area contributed by atoms with Gasteiger partial charge in [0.15, 0.2) is 5.76 Å². The van der Waals surface area contributed by atoms with Crippen molar-refractivity contribution in [2.24, 2.45) is 0 Å². The Morgan fingerprint density at radius 2 is 2.24 bits per heavy atom. The number of aromatic nitrogens is 1. The molecule has 6 nitrogen and oxygen atoms in total. The van der Waals surface area contributed by atoms with Gasteiger partial charge in [0.2, 0.25) is 0 Å². The van der Waals surface area contributed by atoms with Crippen molar-refractivity contribution in [3.63, 3.8) is 0 Å². The molecule has 0 saturated carbocycles. The number of carboxylic acids is 1. The summed E-state index contributed by atoms with van der Waals surface area (Å²) >= 11 is 1.56. The maximum absolute atomic E-state index is 11.9. The third-order valence-corrected chi connectivity index (χ3v) is 3.74. The summed E-state index contributed by atoms with van der Waals surface area (Å²) in [6, 6.07) is 1.27. The summed E-state index contributed by atoms with van der Waals surface area (Å²) in [6.07, 6.45) is 1.05. The van der Waals surface area contributed by atoms with Crippen LogP contribution in [0.15, 0.2) is 15.9 Å². The number of carbonyl (C=O) groups excluding carboxylic acids is 1. The van der Waals surface area contributed by atoms with Crippen LogP contribution in [0, 0.1) is 6.92 Å². The van der Waals surface area contributed by atoms with Crippen LogP contribution in [0.25, 0.3) is 0 Å². The number of hydrogen-bond donors (Lipinski definition) is 2. The van der Waals surface area contributed by atoms with E-state index in [-0.39, 0.29) is 11.3 Å². The molecule has 0 aromatic carbocycles. The standard InChI is InChI=1S/C14H16N2O4S/c1-3-11-10(14(18)19)6-12(20-11)13(17)15-5-4-9-7-21-8(2)16-9/h6-7H,3-5H2,1-2H3,(H,15,17)(H,18,19). The van der Waals surface area contributed by atoms with Gasteiger partial charge in [-0.25, -0.2) is 9.78 Å². The van der Waals surface area contributed by atoms with Gasteiger partial charge in [-0.3, -0.25) is 4.79 Å². The normalized spacial score (nSPS) is 10.6. The third-order valence-electron chi connectivity index (χ3n) is 2.92. The molecule has 0 atom stereocenters. The monoisotopic (exact) mass is 308 g/mol. The minimum absolute atomic E-state index is 0.0266. The Hall–Kier alpha value is -2.15. The maximum atomic E-state index is 11.9. The van der Waals surface area contributed by atoms with E-state index in [1.54, 1.807) is 18.3 Å². The highest BCUT2D eigenvalue weighted by Gasteiger charge is 2.19. The second-order valence-corrected chi connectivity index (χ2v) is 5.53. The predicted molar refractivity (Wildman–Crippen MR) is 77.9 cm³/mol.